The molecular formula is C18H24N4O4. The molecule has 2 aromatic rings. The zero-order valence-electron chi connectivity index (χ0n) is 15.3. The largest absolute Gasteiger partial charge is 0.419 e. The number of amides is 2. The zero-order valence-corrected chi connectivity index (χ0v) is 15.3. The highest BCUT2D eigenvalue weighted by atomic mass is 16.4. The molecule has 0 saturated carbocycles. The van der Waals surface area contributed by atoms with Gasteiger partial charge in [-0.25, -0.2) is 4.79 Å². The lowest BCUT2D eigenvalue weighted by Crippen LogP contribution is -2.58. The van der Waals surface area contributed by atoms with Gasteiger partial charge in [-0.05, 0) is 31.7 Å². The number of hydrogen-bond donors (Lipinski definition) is 1. The Balaban J connectivity index is 1.69. The molecule has 1 fully saturated rings. The molecule has 0 spiro atoms. The Kier molecular flexibility index (Phi) is 5.13. The highest BCUT2D eigenvalue weighted by Crippen LogP contribution is 2.16. The number of oxazole rings is 1. The molecule has 1 aliphatic heterocycles. The molecule has 2 heterocycles. The molecule has 0 bridgehead atoms. The summed E-state index contributed by atoms with van der Waals surface area (Å²) in [6.45, 7) is 3.76. The predicted octanol–water partition coefficient (Wildman–Crippen LogP) is 0.182. The van der Waals surface area contributed by atoms with Crippen LogP contribution in [0.2, 0.25) is 0 Å². The fourth-order valence-electron chi connectivity index (χ4n) is 3.30. The van der Waals surface area contributed by atoms with Crippen LogP contribution >= 0.6 is 0 Å². The van der Waals surface area contributed by atoms with Crippen LogP contribution in [-0.2, 0) is 16.1 Å². The number of aromatic nitrogens is 1. The summed E-state index contributed by atoms with van der Waals surface area (Å²) in [7, 11) is 3.47. The van der Waals surface area contributed by atoms with Crippen molar-refractivity contribution in [2.75, 3.05) is 33.7 Å². The average Bonchev–Trinajstić information content (AvgIpc) is 2.94. The minimum Gasteiger partial charge on any atom is -0.408 e. The molecule has 1 aliphatic rings. The first kappa shape index (κ1) is 18.2. The highest BCUT2D eigenvalue weighted by Gasteiger charge is 2.31. The maximum atomic E-state index is 12.6. The first-order valence-corrected chi connectivity index (χ1v) is 8.70. The zero-order chi connectivity index (χ0) is 18.8. The third-order valence-electron chi connectivity index (χ3n) is 4.92. The minimum atomic E-state index is -0.458. The fourth-order valence-corrected chi connectivity index (χ4v) is 3.30. The third-order valence-corrected chi connectivity index (χ3v) is 4.92. The molecule has 1 saturated heterocycles. The van der Waals surface area contributed by atoms with Gasteiger partial charge >= 0.3 is 5.76 Å². The van der Waals surface area contributed by atoms with Crippen molar-refractivity contribution < 1.29 is 14.0 Å². The summed E-state index contributed by atoms with van der Waals surface area (Å²) in [5.74, 6) is -0.626. The Morgan fingerprint density at radius 2 is 2.08 bits per heavy atom. The van der Waals surface area contributed by atoms with E-state index in [2.05, 4.69) is 5.32 Å². The number of carbonyl (C=O) groups excluding carboxylic acids is 2. The van der Waals surface area contributed by atoms with E-state index in [1.54, 1.807) is 18.0 Å². The van der Waals surface area contributed by atoms with Gasteiger partial charge in [-0.3, -0.25) is 19.1 Å². The predicted molar refractivity (Wildman–Crippen MR) is 96.9 cm³/mol. The van der Waals surface area contributed by atoms with Crippen LogP contribution in [0.25, 0.3) is 11.1 Å². The normalized spacial score (nSPS) is 18.3. The van der Waals surface area contributed by atoms with Crippen molar-refractivity contribution in [1.29, 1.82) is 0 Å². The maximum absolute atomic E-state index is 12.6. The molecule has 8 nitrogen and oxygen atoms in total. The molecule has 0 radical (unpaired) electrons. The lowest BCUT2D eigenvalue weighted by Gasteiger charge is -2.38. The van der Waals surface area contributed by atoms with Crippen LogP contribution in [0.5, 0.6) is 0 Å². The summed E-state index contributed by atoms with van der Waals surface area (Å²) in [6.07, 6.45) is 0.187. The summed E-state index contributed by atoms with van der Waals surface area (Å²) < 4.78 is 6.72. The first-order valence-electron chi connectivity index (χ1n) is 8.70. The molecule has 0 aliphatic carbocycles. The van der Waals surface area contributed by atoms with Crippen LogP contribution in [0.4, 0.5) is 0 Å². The lowest BCUT2D eigenvalue weighted by atomic mass is 10.1. The molecular weight excluding hydrogens is 336 g/mol. The van der Waals surface area contributed by atoms with E-state index in [4.69, 9.17) is 4.42 Å². The monoisotopic (exact) mass is 360 g/mol. The van der Waals surface area contributed by atoms with Crippen LogP contribution < -0.4 is 11.1 Å². The summed E-state index contributed by atoms with van der Waals surface area (Å²) in [4.78, 5) is 40.3. The Morgan fingerprint density at radius 3 is 2.81 bits per heavy atom. The summed E-state index contributed by atoms with van der Waals surface area (Å²) >= 11 is 0. The molecule has 1 unspecified atom stereocenters. The van der Waals surface area contributed by atoms with E-state index in [0.29, 0.717) is 30.7 Å². The number of nitrogens with zero attached hydrogens (tertiary/aromatic N) is 3. The van der Waals surface area contributed by atoms with Gasteiger partial charge in [0.05, 0.1) is 5.52 Å². The SMILES string of the molecule is CNC(=O)C1CN(C(=O)CCn2c(=O)oc3ccc(C)cc32)CCN1C. The van der Waals surface area contributed by atoms with E-state index in [-0.39, 0.29) is 30.8 Å². The Bertz CT molecular complexity index is 885. The van der Waals surface area contributed by atoms with E-state index in [9.17, 15) is 14.4 Å². The second-order valence-corrected chi connectivity index (χ2v) is 6.69. The first-order chi connectivity index (χ1) is 12.4. The topological polar surface area (TPSA) is 87.8 Å². The van der Waals surface area contributed by atoms with Gasteiger partial charge in [-0.2, -0.15) is 0 Å². The molecule has 26 heavy (non-hydrogen) atoms. The van der Waals surface area contributed by atoms with Gasteiger partial charge in [0.15, 0.2) is 5.58 Å². The molecule has 1 aromatic carbocycles. The van der Waals surface area contributed by atoms with Crippen molar-refractivity contribution in [2.24, 2.45) is 0 Å². The quantitative estimate of drug-likeness (QED) is 0.841. The second-order valence-electron chi connectivity index (χ2n) is 6.69. The smallest absolute Gasteiger partial charge is 0.408 e. The van der Waals surface area contributed by atoms with Crippen LogP contribution in [0.15, 0.2) is 27.4 Å². The standard InChI is InChI=1S/C18H24N4O4/c1-12-4-5-15-13(10-12)22(18(25)26-15)7-6-16(23)21-9-8-20(3)14(11-21)17(24)19-2/h4-5,10,14H,6-9,11H2,1-3H3,(H,19,24). The second kappa shape index (κ2) is 7.33. The number of piperazine rings is 1. The number of nitrogens with one attached hydrogen (secondary N) is 1. The molecule has 140 valence electrons. The van der Waals surface area contributed by atoms with Gasteiger partial charge < -0.3 is 14.6 Å². The van der Waals surface area contributed by atoms with Crippen molar-refractivity contribution >= 4 is 22.9 Å². The minimum absolute atomic E-state index is 0.0686. The number of benzene rings is 1. The molecule has 8 heteroatoms. The van der Waals surface area contributed by atoms with Gasteiger partial charge in [0.1, 0.15) is 6.04 Å². The molecule has 1 N–H and O–H groups in total. The maximum Gasteiger partial charge on any atom is 0.419 e. The summed E-state index contributed by atoms with van der Waals surface area (Å²) in [5, 5.41) is 2.64. The summed E-state index contributed by atoms with van der Waals surface area (Å²) in [5.41, 5.74) is 2.24. The Hall–Kier alpha value is -2.61. The number of fused-ring (bicyclic) bond motifs is 1. The van der Waals surface area contributed by atoms with Gasteiger partial charge in [-0.1, -0.05) is 6.07 Å². The average molecular weight is 360 g/mol. The number of aryl methyl sites for hydroxylation is 2. The fraction of sp³-hybridized carbons (Fsp3) is 0.500. The van der Waals surface area contributed by atoms with Gasteiger partial charge in [-0.15, -0.1) is 0 Å². The number of hydrogen-bond acceptors (Lipinski definition) is 5. The van der Waals surface area contributed by atoms with Gasteiger partial charge in [0.25, 0.3) is 0 Å². The highest BCUT2D eigenvalue weighted by molar-refractivity contribution is 5.83. The summed E-state index contributed by atoms with van der Waals surface area (Å²) in [6, 6.07) is 5.17. The number of carbonyl (C=O) groups is 2. The molecule has 2 amide bonds. The lowest BCUT2D eigenvalue weighted by molar-refractivity contribution is -0.137. The van der Waals surface area contributed by atoms with Gasteiger partial charge in [0.2, 0.25) is 11.8 Å². The number of likely N-dealkylation sites (N-methyl/N-ethyl adjacent to an activating group) is 2. The van der Waals surface area contributed by atoms with E-state index >= 15 is 0 Å². The third kappa shape index (κ3) is 3.50. The van der Waals surface area contributed by atoms with Crippen molar-refractivity contribution in [2.45, 2.75) is 25.9 Å². The Labute approximate surface area is 151 Å². The van der Waals surface area contributed by atoms with Crippen molar-refractivity contribution in [3.8, 4) is 0 Å². The van der Waals surface area contributed by atoms with E-state index in [1.165, 1.54) is 4.57 Å². The number of rotatable bonds is 4. The van der Waals surface area contributed by atoms with E-state index < -0.39 is 5.76 Å². The van der Waals surface area contributed by atoms with Crippen molar-refractivity contribution in [3.63, 3.8) is 0 Å². The van der Waals surface area contributed by atoms with Crippen LogP contribution in [0, 0.1) is 6.92 Å². The Morgan fingerprint density at radius 1 is 1.31 bits per heavy atom. The van der Waals surface area contributed by atoms with Gasteiger partial charge in [0, 0.05) is 39.6 Å². The molecule has 1 aromatic heterocycles. The van der Waals surface area contributed by atoms with Crippen LogP contribution in [0.3, 0.4) is 0 Å². The molecule has 3 rings (SSSR count). The van der Waals surface area contributed by atoms with Crippen LogP contribution in [-0.4, -0.2) is 66.0 Å². The van der Waals surface area contributed by atoms with E-state index in [0.717, 1.165) is 5.56 Å². The van der Waals surface area contributed by atoms with Crippen molar-refractivity contribution in [1.82, 2.24) is 19.7 Å². The van der Waals surface area contributed by atoms with E-state index in [1.807, 2.05) is 31.0 Å². The molecule has 1 atom stereocenters. The van der Waals surface area contributed by atoms with Crippen molar-refractivity contribution in [3.05, 3.63) is 34.3 Å². The van der Waals surface area contributed by atoms with Crippen LogP contribution in [0.1, 0.15) is 12.0 Å².